The van der Waals surface area contributed by atoms with Crippen LogP contribution in [0.4, 0.5) is 5.69 Å². The second-order valence-electron chi connectivity index (χ2n) is 5.29. The maximum absolute atomic E-state index is 12.4. The molecule has 8 heteroatoms. The summed E-state index contributed by atoms with van der Waals surface area (Å²) in [6.45, 7) is 3.58. The monoisotopic (exact) mass is 361 g/mol. The van der Waals surface area contributed by atoms with Crippen molar-refractivity contribution >= 4 is 27.0 Å². The zero-order chi connectivity index (χ0) is 17.3. The molecule has 0 unspecified atom stereocenters. The first-order chi connectivity index (χ1) is 11.3. The van der Waals surface area contributed by atoms with Crippen LogP contribution in [-0.4, -0.2) is 18.4 Å². The van der Waals surface area contributed by atoms with Crippen molar-refractivity contribution in [2.45, 2.75) is 18.1 Å². The molecule has 0 atom stereocenters. The van der Waals surface area contributed by atoms with Gasteiger partial charge in [-0.05, 0) is 38.1 Å². The summed E-state index contributed by atoms with van der Waals surface area (Å²) in [5.41, 5.74) is 1.37. The molecule has 2 N–H and O–H groups in total. The van der Waals surface area contributed by atoms with Gasteiger partial charge in [0.15, 0.2) is 0 Å². The van der Waals surface area contributed by atoms with Crippen molar-refractivity contribution in [2.24, 2.45) is 0 Å². The van der Waals surface area contributed by atoms with Crippen LogP contribution >= 0.6 is 11.3 Å². The van der Waals surface area contributed by atoms with E-state index in [0.29, 0.717) is 22.8 Å². The molecule has 0 bridgehead atoms. The van der Waals surface area contributed by atoms with Crippen LogP contribution < -0.4 is 10.3 Å². The Hall–Kier alpha value is -2.45. The van der Waals surface area contributed by atoms with Crippen LogP contribution in [0.25, 0.3) is 11.4 Å². The van der Waals surface area contributed by atoms with Crippen molar-refractivity contribution in [1.29, 1.82) is 0 Å². The molecule has 6 nitrogen and oxygen atoms in total. The average molecular weight is 361 g/mol. The lowest BCUT2D eigenvalue weighted by Crippen LogP contribution is -2.12. The highest BCUT2D eigenvalue weighted by molar-refractivity contribution is 7.94. The molecule has 3 aromatic rings. The lowest BCUT2D eigenvalue weighted by Gasteiger charge is -2.08. The fourth-order valence-electron chi connectivity index (χ4n) is 2.21. The minimum atomic E-state index is -3.63. The summed E-state index contributed by atoms with van der Waals surface area (Å²) < 4.78 is 27.6. The van der Waals surface area contributed by atoms with Crippen molar-refractivity contribution in [3.05, 3.63) is 63.4 Å². The second-order valence-corrected chi connectivity index (χ2v) is 8.48. The van der Waals surface area contributed by atoms with Crippen molar-refractivity contribution in [2.75, 3.05) is 4.72 Å². The van der Waals surface area contributed by atoms with E-state index in [9.17, 15) is 13.2 Å². The Bertz CT molecular complexity index is 1050. The lowest BCUT2D eigenvalue weighted by molar-refractivity contribution is 0.603. The number of nitrogens with one attached hydrogen (secondary N) is 2. The second kappa shape index (κ2) is 6.21. The molecular weight excluding hydrogens is 346 g/mol. The van der Waals surface area contributed by atoms with Gasteiger partial charge in [-0.1, -0.05) is 12.1 Å². The highest BCUT2D eigenvalue weighted by atomic mass is 32.2. The van der Waals surface area contributed by atoms with E-state index in [0.717, 1.165) is 4.88 Å². The Morgan fingerprint density at radius 1 is 1.12 bits per heavy atom. The number of benzene rings is 1. The van der Waals surface area contributed by atoms with Crippen LogP contribution in [0.1, 0.15) is 10.6 Å². The zero-order valence-corrected chi connectivity index (χ0v) is 14.7. The van der Waals surface area contributed by atoms with Crippen molar-refractivity contribution in [3.8, 4) is 11.4 Å². The van der Waals surface area contributed by atoms with Gasteiger partial charge in [0.25, 0.3) is 15.6 Å². The lowest BCUT2D eigenvalue weighted by atomic mass is 10.2. The average Bonchev–Trinajstić information content (AvgIpc) is 2.94. The summed E-state index contributed by atoms with van der Waals surface area (Å²) >= 11 is 1.21. The summed E-state index contributed by atoms with van der Waals surface area (Å²) in [5, 5.41) is 0. The van der Waals surface area contributed by atoms with Gasteiger partial charge in [0.05, 0.1) is 0 Å². The maximum atomic E-state index is 12.4. The van der Waals surface area contributed by atoms with Crippen LogP contribution in [0.3, 0.4) is 0 Å². The third-order valence-electron chi connectivity index (χ3n) is 3.24. The highest BCUT2D eigenvalue weighted by Gasteiger charge is 2.16. The van der Waals surface area contributed by atoms with Crippen molar-refractivity contribution in [1.82, 2.24) is 9.97 Å². The predicted molar refractivity (Wildman–Crippen MR) is 94.9 cm³/mol. The van der Waals surface area contributed by atoms with Crippen molar-refractivity contribution < 1.29 is 8.42 Å². The molecule has 0 aliphatic heterocycles. The molecule has 1 aromatic carbocycles. The number of nitrogens with zero attached hydrogens (tertiary/aromatic N) is 1. The molecule has 0 aliphatic rings. The molecule has 0 fully saturated rings. The van der Waals surface area contributed by atoms with E-state index in [-0.39, 0.29) is 9.77 Å². The van der Waals surface area contributed by atoms with Gasteiger partial charge in [0.2, 0.25) is 0 Å². The fraction of sp³-hybridized carbons (Fsp3) is 0.125. The van der Waals surface area contributed by atoms with E-state index in [1.54, 1.807) is 43.3 Å². The quantitative estimate of drug-likeness (QED) is 0.747. The van der Waals surface area contributed by atoms with Gasteiger partial charge in [-0.15, -0.1) is 11.3 Å². The number of aromatic nitrogens is 2. The number of hydrogen-bond donors (Lipinski definition) is 2. The predicted octanol–water partition coefficient (Wildman–Crippen LogP) is 2.92. The van der Waals surface area contributed by atoms with E-state index in [2.05, 4.69) is 14.7 Å². The van der Waals surface area contributed by atoms with Gasteiger partial charge in [0.1, 0.15) is 10.0 Å². The summed E-state index contributed by atoms with van der Waals surface area (Å²) in [7, 11) is -3.63. The van der Waals surface area contributed by atoms with Gasteiger partial charge in [0, 0.05) is 27.9 Å². The number of aryl methyl sites for hydroxylation is 2. The van der Waals surface area contributed by atoms with Crippen LogP contribution in [0.15, 0.2) is 51.5 Å². The van der Waals surface area contributed by atoms with Crippen LogP contribution in [0.5, 0.6) is 0 Å². The minimum Gasteiger partial charge on any atom is -0.307 e. The van der Waals surface area contributed by atoms with E-state index < -0.39 is 10.0 Å². The maximum Gasteiger partial charge on any atom is 0.271 e. The molecule has 0 spiro atoms. The third-order valence-corrected chi connectivity index (χ3v) is 6.11. The van der Waals surface area contributed by atoms with Crippen molar-refractivity contribution in [3.63, 3.8) is 0 Å². The first-order valence-corrected chi connectivity index (χ1v) is 9.41. The van der Waals surface area contributed by atoms with E-state index in [1.165, 1.54) is 17.4 Å². The Labute approximate surface area is 143 Å². The van der Waals surface area contributed by atoms with Gasteiger partial charge >= 0.3 is 0 Å². The van der Waals surface area contributed by atoms with Gasteiger partial charge in [-0.2, -0.15) is 0 Å². The zero-order valence-electron chi connectivity index (χ0n) is 13.0. The molecule has 0 amide bonds. The first kappa shape index (κ1) is 16.4. The van der Waals surface area contributed by atoms with Gasteiger partial charge < -0.3 is 4.98 Å². The number of anilines is 1. The van der Waals surface area contributed by atoms with E-state index >= 15 is 0 Å². The fourth-order valence-corrected chi connectivity index (χ4v) is 4.54. The number of hydrogen-bond acceptors (Lipinski definition) is 5. The summed E-state index contributed by atoms with van der Waals surface area (Å²) in [5.74, 6) is 0.396. The number of thiophene rings is 1. The van der Waals surface area contributed by atoms with Crippen LogP contribution in [0.2, 0.25) is 0 Å². The van der Waals surface area contributed by atoms with Crippen LogP contribution in [0, 0.1) is 13.8 Å². The largest absolute Gasteiger partial charge is 0.307 e. The van der Waals surface area contributed by atoms with Crippen LogP contribution in [-0.2, 0) is 10.0 Å². The topological polar surface area (TPSA) is 91.9 Å². The third kappa shape index (κ3) is 3.55. The SMILES string of the molecule is Cc1cc(=O)[nH]c(-c2cccc(NS(=O)(=O)c3ccc(C)s3)c2)n1. The highest BCUT2D eigenvalue weighted by Crippen LogP contribution is 2.25. The number of H-pyrrole nitrogens is 1. The van der Waals surface area contributed by atoms with E-state index in [1.807, 2.05) is 6.92 Å². The number of sulfonamides is 1. The van der Waals surface area contributed by atoms with Gasteiger partial charge in [-0.3, -0.25) is 9.52 Å². The molecule has 2 heterocycles. The molecule has 24 heavy (non-hydrogen) atoms. The molecule has 124 valence electrons. The first-order valence-electron chi connectivity index (χ1n) is 7.11. The molecular formula is C16H15N3O3S2. The Morgan fingerprint density at radius 3 is 2.58 bits per heavy atom. The smallest absolute Gasteiger partial charge is 0.271 e. The molecule has 0 radical (unpaired) electrons. The Kier molecular flexibility index (Phi) is 4.25. The summed E-state index contributed by atoms with van der Waals surface area (Å²) in [6, 6.07) is 11.5. The Balaban J connectivity index is 1.95. The minimum absolute atomic E-state index is 0.252. The normalized spacial score (nSPS) is 11.4. The Morgan fingerprint density at radius 2 is 1.92 bits per heavy atom. The summed E-state index contributed by atoms with van der Waals surface area (Å²) in [4.78, 5) is 19.4. The molecule has 0 saturated heterocycles. The molecule has 0 saturated carbocycles. The van der Waals surface area contributed by atoms with E-state index in [4.69, 9.17) is 0 Å². The standard InChI is InChI=1S/C16H15N3O3S2/c1-10-8-14(20)18-16(17-10)12-4-3-5-13(9-12)19-24(21,22)15-7-6-11(2)23-15/h3-9,19H,1-2H3,(H,17,18,20). The van der Waals surface area contributed by atoms with Gasteiger partial charge in [-0.25, -0.2) is 13.4 Å². The molecule has 0 aliphatic carbocycles. The number of rotatable bonds is 4. The molecule has 2 aromatic heterocycles. The number of aromatic amines is 1. The molecule has 3 rings (SSSR count). The summed E-state index contributed by atoms with van der Waals surface area (Å²) in [6.07, 6.45) is 0.